The second-order valence-electron chi connectivity index (χ2n) is 5.00. The quantitative estimate of drug-likeness (QED) is 0.622. The molecule has 0 aliphatic heterocycles. The zero-order chi connectivity index (χ0) is 17.7. The molecule has 2 rings (SSSR count). The lowest BCUT2D eigenvalue weighted by atomic mass is 10.1. The van der Waals surface area contributed by atoms with Crippen LogP contribution in [0.4, 0.5) is 10.1 Å². The summed E-state index contributed by atoms with van der Waals surface area (Å²) in [5.41, 5.74) is 0.478. The first-order valence-electron chi connectivity index (χ1n) is 6.89. The second-order valence-corrected chi connectivity index (χ2v) is 5.00. The predicted molar refractivity (Wildman–Crippen MR) is 82.1 cm³/mol. The Labute approximate surface area is 135 Å². The molecule has 2 aromatic carbocycles. The Morgan fingerprint density at radius 1 is 1.12 bits per heavy atom. The first kappa shape index (κ1) is 17.1. The maximum absolute atomic E-state index is 12.9. The van der Waals surface area contributed by atoms with Crippen LogP contribution in [0.2, 0.25) is 0 Å². The number of hydrogen-bond acceptors (Lipinski definition) is 4. The summed E-state index contributed by atoms with van der Waals surface area (Å²) in [7, 11) is 0. The number of nitro benzene ring substituents is 1. The highest BCUT2D eigenvalue weighted by molar-refractivity contribution is 5.96. The van der Waals surface area contributed by atoms with E-state index in [0.717, 1.165) is 12.1 Å². The third kappa shape index (κ3) is 4.35. The number of nitrogens with one attached hydrogen (secondary N) is 1. The van der Waals surface area contributed by atoms with Gasteiger partial charge in [0.2, 0.25) is 0 Å². The third-order valence-electron chi connectivity index (χ3n) is 3.30. The van der Waals surface area contributed by atoms with E-state index in [1.807, 2.05) is 0 Å². The fourth-order valence-electron chi connectivity index (χ4n) is 2.03. The van der Waals surface area contributed by atoms with Crippen LogP contribution in [-0.2, 0) is 11.2 Å². The van der Waals surface area contributed by atoms with Crippen LogP contribution in [0.3, 0.4) is 0 Å². The van der Waals surface area contributed by atoms with Crippen LogP contribution in [0.25, 0.3) is 0 Å². The van der Waals surface area contributed by atoms with Gasteiger partial charge < -0.3 is 10.4 Å². The van der Waals surface area contributed by atoms with Gasteiger partial charge in [0.05, 0.1) is 4.92 Å². The van der Waals surface area contributed by atoms with Gasteiger partial charge >= 0.3 is 5.97 Å². The molecule has 0 aliphatic rings. The number of nitrogens with zero attached hydrogens (tertiary/aromatic N) is 1. The molecule has 0 heterocycles. The van der Waals surface area contributed by atoms with Crippen molar-refractivity contribution >= 4 is 17.6 Å². The predicted octanol–water partition coefficient (Wildman–Crippen LogP) is 2.16. The summed E-state index contributed by atoms with van der Waals surface area (Å²) in [5, 5.41) is 22.1. The molecule has 7 nitrogen and oxygen atoms in total. The standard InChI is InChI=1S/C16H13FN2O5/c17-12-5-1-10(2-6-12)9-14(16(21)22)18-15(20)11-3-7-13(8-4-11)19(23)24/h1-8,14H,9H2,(H,18,20)(H,21,22)/t14-/m0/s1. The number of carboxylic acids is 1. The smallest absolute Gasteiger partial charge is 0.326 e. The van der Waals surface area contributed by atoms with Gasteiger partial charge in [0, 0.05) is 24.1 Å². The normalized spacial score (nSPS) is 11.5. The highest BCUT2D eigenvalue weighted by Gasteiger charge is 2.21. The fourth-order valence-corrected chi connectivity index (χ4v) is 2.03. The molecule has 0 unspecified atom stereocenters. The Bertz CT molecular complexity index is 759. The van der Waals surface area contributed by atoms with Gasteiger partial charge in [-0.05, 0) is 29.8 Å². The molecule has 0 aromatic heterocycles. The largest absolute Gasteiger partial charge is 0.480 e. The van der Waals surface area contributed by atoms with Crippen LogP contribution in [-0.4, -0.2) is 27.9 Å². The molecule has 0 saturated carbocycles. The first-order valence-corrected chi connectivity index (χ1v) is 6.89. The minimum Gasteiger partial charge on any atom is -0.480 e. The first-order chi connectivity index (χ1) is 11.4. The van der Waals surface area contributed by atoms with E-state index in [1.54, 1.807) is 0 Å². The van der Waals surface area contributed by atoms with Gasteiger partial charge in [0.1, 0.15) is 11.9 Å². The summed E-state index contributed by atoms with van der Waals surface area (Å²) in [6.45, 7) is 0. The van der Waals surface area contributed by atoms with Crippen molar-refractivity contribution in [2.24, 2.45) is 0 Å². The topological polar surface area (TPSA) is 110 Å². The lowest BCUT2D eigenvalue weighted by Gasteiger charge is -2.14. The van der Waals surface area contributed by atoms with E-state index < -0.39 is 28.7 Å². The van der Waals surface area contributed by atoms with Gasteiger partial charge in [0.25, 0.3) is 11.6 Å². The highest BCUT2D eigenvalue weighted by Crippen LogP contribution is 2.12. The van der Waals surface area contributed by atoms with Gasteiger partial charge in [-0.1, -0.05) is 12.1 Å². The van der Waals surface area contributed by atoms with Crippen molar-refractivity contribution in [1.82, 2.24) is 5.32 Å². The van der Waals surface area contributed by atoms with Crippen LogP contribution in [0, 0.1) is 15.9 Å². The van der Waals surface area contributed by atoms with E-state index in [-0.39, 0.29) is 17.7 Å². The maximum Gasteiger partial charge on any atom is 0.326 e. The Morgan fingerprint density at radius 2 is 1.71 bits per heavy atom. The summed E-state index contributed by atoms with van der Waals surface area (Å²) < 4.78 is 12.9. The van der Waals surface area contributed by atoms with Crippen molar-refractivity contribution in [2.45, 2.75) is 12.5 Å². The van der Waals surface area contributed by atoms with E-state index >= 15 is 0 Å². The van der Waals surface area contributed by atoms with Gasteiger partial charge in [-0.15, -0.1) is 0 Å². The number of carboxylic acid groups (broad SMARTS) is 1. The summed E-state index contributed by atoms with van der Waals surface area (Å²) in [4.78, 5) is 33.4. The summed E-state index contributed by atoms with van der Waals surface area (Å²) in [6.07, 6.45) is -0.0195. The molecule has 0 aliphatic carbocycles. The number of carbonyl (C=O) groups is 2. The maximum atomic E-state index is 12.9. The van der Waals surface area contributed by atoms with E-state index in [1.165, 1.54) is 36.4 Å². The molecule has 8 heteroatoms. The SMILES string of the molecule is O=C(N[C@@H](Cc1ccc(F)cc1)C(=O)O)c1ccc([N+](=O)[O-])cc1. The molecule has 24 heavy (non-hydrogen) atoms. The molecule has 124 valence electrons. The molecule has 0 fully saturated rings. The number of hydrogen-bond donors (Lipinski definition) is 2. The summed E-state index contributed by atoms with van der Waals surface area (Å²) in [6, 6.07) is 8.85. The number of benzene rings is 2. The average molecular weight is 332 g/mol. The number of nitro groups is 1. The van der Waals surface area contributed by atoms with Crippen LogP contribution < -0.4 is 5.32 Å². The monoisotopic (exact) mass is 332 g/mol. The van der Waals surface area contributed by atoms with Crippen molar-refractivity contribution in [3.05, 3.63) is 75.6 Å². The second kappa shape index (κ2) is 7.32. The number of rotatable bonds is 6. The average Bonchev–Trinajstić information content (AvgIpc) is 2.56. The number of non-ortho nitro benzene ring substituents is 1. The molecule has 0 spiro atoms. The fraction of sp³-hybridized carbons (Fsp3) is 0.125. The van der Waals surface area contributed by atoms with Crippen molar-refractivity contribution in [3.8, 4) is 0 Å². The van der Waals surface area contributed by atoms with Crippen LogP contribution in [0.5, 0.6) is 0 Å². The molecular formula is C16H13FN2O5. The zero-order valence-corrected chi connectivity index (χ0v) is 12.3. The zero-order valence-electron chi connectivity index (χ0n) is 12.3. The van der Waals surface area contributed by atoms with E-state index in [0.29, 0.717) is 5.56 Å². The van der Waals surface area contributed by atoms with Crippen LogP contribution in [0.15, 0.2) is 48.5 Å². The Hall–Kier alpha value is -3.29. The molecule has 0 saturated heterocycles. The van der Waals surface area contributed by atoms with Gasteiger partial charge in [-0.3, -0.25) is 14.9 Å². The van der Waals surface area contributed by atoms with Gasteiger partial charge in [0.15, 0.2) is 0 Å². The summed E-state index contributed by atoms with van der Waals surface area (Å²) in [5.74, 6) is -2.35. The van der Waals surface area contributed by atoms with Gasteiger partial charge in [-0.25, -0.2) is 9.18 Å². The Kier molecular flexibility index (Phi) is 5.20. The van der Waals surface area contributed by atoms with E-state index in [2.05, 4.69) is 5.32 Å². The van der Waals surface area contributed by atoms with Crippen molar-refractivity contribution in [2.75, 3.05) is 0 Å². The van der Waals surface area contributed by atoms with Crippen molar-refractivity contribution < 1.29 is 24.0 Å². The summed E-state index contributed by atoms with van der Waals surface area (Å²) >= 11 is 0. The Morgan fingerprint density at radius 3 is 2.21 bits per heavy atom. The molecular weight excluding hydrogens is 319 g/mol. The van der Waals surface area contributed by atoms with Crippen molar-refractivity contribution in [1.29, 1.82) is 0 Å². The highest BCUT2D eigenvalue weighted by atomic mass is 19.1. The molecule has 1 amide bonds. The Balaban J connectivity index is 2.09. The number of amides is 1. The van der Waals surface area contributed by atoms with Crippen LogP contribution in [0.1, 0.15) is 15.9 Å². The lowest BCUT2D eigenvalue weighted by molar-refractivity contribution is -0.384. The molecule has 2 N–H and O–H groups in total. The minimum atomic E-state index is -1.24. The molecule has 0 bridgehead atoms. The molecule has 0 radical (unpaired) electrons. The van der Waals surface area contributed by atoms with Crippen LogP contribution >= 0.6 is 0 Å². The number of carbonyl (C=O) groups excluding carboxylic acids is 1. The van der Waals surface area contributed by atoms with Crippen molar-refractivity contribution in [3.63, 3.8) is 0 Å². The molecule has 2 aromatic rings. The molecule has 1 atom stereocenters. The number of aliphatic carboxylic acids is 1. The third-order valence-corrected chi connectivity index (χ3v) is 3.30. The van der Waals surface area contributed by atoms with Gasteiger partial charge in [-0.2, -0.15) is 0 Å². The number of halogens is 1. The lowest BCUT2D eigenvalue weighted by Crippen LogP contribution is -2.42. The minimum absolute atomic E-state index is 0.0195. The van der Waals surface area contributed by atoms with E-state index in [4.69, 9.17) is 0 Å². The van der Waals surface area contributed by atoms with E-state index in [9.17, 15) is 29.2 Å².